The van der Waals surface area contributed by atoms with Crippen molar-refractivity contribution in [2.75, 3.05) is 6.61 Å². The normalized spacial score (nSPS) is 11.3. The smallest absolute Gasteiger partial charge is 0.362 e. The topological polar surface area (TPSA) is 105 Å². The lowest BCUT2D eigenvalue weighted by Crippen LogP contribution is -2.26. The number of ether oxygens (including phenoxy) is 1. The summed E-state index contributed by atoms with van der Waals surface area (Å²) in [6.07, 6.45) is 0. The molecule has 0 amide bonds. The van der Waals surface area contributed by atoms with Gasteiger partial charge in [-0.3, -0.25) is 4.79 Å². The van der Waals surface area contributed by atoms with Gasteiger partial charge in [0.05, 0.1) is 22.7 Å². The fraction of sp³-hybridized carbons (Fsp3) is 0.118. The first-order chi connectivity index (χ1) is 13.7. The Labute approximate surface area is 182 Å². The zero-order valence-electron chi connectivity index (χ0n) is 14.7. The number of aromatic nitrogens is 2. The second-order valence-electron chi connectivity index (χ2n) is 5.40. The molecule has 0 fully saturated rings. The predicted octanol–water partition coefficient (Wildman–Crippen LogP) is 3.65. The molecule has 3 aromatic rings. The summed E-state index contributed by atoms with van der Waals surface area (Å²) in [7, 11) is -4.33. The molecule has 0 aliphatic rings. The molecule has 0 saturated carbocycles. The quantitative estimate of drug-likeness (QED) is 0.361. The number of benzene rings is 1. The molecule has 1 aromatic carbocycles. The number of hydrogen-bond donors (Lipinski definition) is 0. The zero-order valence-corrected chi connectivity index (χ0v) is 18.6. The van der Waals surface area contributed by atoms with E-state index in [4.69, 9.17) is 20.5 Å². The molecule has 0 bridgehead atoms. The predicted molar refractivity (Wildman–Crippen MR) is 111 cm³/mol. The average molecular weight is 520 g/mol. The zero-order chi connectivity index (χ0) is 21.2. The summed E-state index contributed by atoms with van der Waals surface area (Å²) >= 11 is 9.84. The second-order valence-corrected chi connectivity index (χ2v) is 9.81. The number of halogens is 2. The van der Waals surface area contributed by atoms with Gasteiger partial charge in [0.1, 0.15) is 0 Å². The van der Waals surface area contributed by atoms with Crippen molar-refractivity contribution in [3.63, 3.8) is 0 Å². The Balaban J connectivity index is 2.12. The van der Waals surface area contributed by atoms with Crippen LogP contribution in [-0.4, -0.2) is 30.8 Å². The highest BCUT2D eigenvalue weighted by Gasteiger charge is 2.26. The van der Waals surface area contributed by atoms with Gasteiger partial charge in [0.2, 0.25) is 5.69 Å². The van der Waals surface area contributed by atoms with E-state index in [2.05, 4.69) is 21.0 Å². The average Bonchev–Trinajstić information content (AvgIpc) is 3.09. The fourth-order valence-electron chi connectivity index (χ4n) is 2.23. The highest BCUT2D eigenvalue weighted by atomic mass is 79.9. The third-order valence-corrected chi connectivity index (χ3v) is 6.82. The summed E-state index contributed by atoms with van der Waals surface area (Å²) in [5.41, 5.74) is -0.808. The molecule has 0 saturated heterocycles. The second kappa shape index (κ2) is 8.66. The number of hydrogen-bond acceptors (Lipinski definition) is 8. The van der Waals surface area contributed by atoms with E-state index in [9.17, 15) is 18.0 Å². The van der Waals surface area contributed by atoms with Crippen molar-refractivity contribution in [1.29, 1.82) is 0 Å². The van der Waals surface area contributed by atoms with Crippen LogP contribution >= 0.6 is 38.9 Å². The molecule has 2 heterocycles. The highest BCUT2D eigenvalue weighted by Crippen LogP contribution is 2.29. The minimum Gasteiger partial charge on any atom is -0.461 e. The van der Waals surface area contributed by atoms with Gasteiger partial charge in [0, 0.05) is 4.47 Å². The molecular weight excluding hydrogens is 508 g/mol. The van der Waals surface area contributed by atoms with Gasteiger partial charge in [-0.25, -0.2) is 4.79 Å². The SMILES string of the molecule is CCOC(=O)c1nn(-c2cccc(Br)c2)c(=O)cc1OS(=O)(=O)c1ccc(Cl)s1. The third kappa shape index (κ3) is 4.86. The summed E-state index contributed by atoms with van der Waals surface area (Å²) in [4.78, 5) is 24.9. The Morgan fingerprint density at radius 3 is 2.66 bits per heavy atom. The van der Waals surface area contributed by atoms with Gasteiger partial charge >= 0.3 is 16.1 Å². The third-order valence-electron chi connectivity index (χ3n) is 3.41. The number of nitrogens with zero attached hydrogens (tertiary/aromatic N) is 2. The monoisotopic (exact) mass is 518 g/mol. The van der Waals surface area contributed by atoms with Crippen LogP contribution in [0.4, 0.5) is 0 Å². The lowest BCUT2D eigenvalue weighted by Gasteiger charge is -2.12. The Morgan fingerprint density at radius 2 is 2.03 bits per heavy atom. The van der Waals surface area contributed by atoms with Crippen molar-refractivity contribution in [3.05, 3.63) is 67.3 Å². The molecule has 0 spiro atoms. The van der Waals surface area contributed by atoms with E-state index in [1.54, 1.807) is 31.2 Å². The summed E-state index contributed by atoms with van der Waals surface area (Å²) in [5.74, 6) is -1.48. The molecule has 0 N–H and O–H groups in total. The van der Waals surface area contributed by atoms with Crippen LogP contribution in [0.1, 0.15) is 17.4 Å². The van der Waals surface area contributed by atoms with Gasteiger partial charge in [-0.1, -0.05) is 33.6 Å². The highest BCUT2D eigenvalue weighted by molar-refractivity contribution is 9.10. The maximum Gasteiger partial charge on any atom is 0.362 e. The molecule has 0 aliphatic heterocycles. The van der Waals surface area contributed by atoms with Gasteiger partial charge < -0.3 is 8.92 Å². The van der Waals surface area contributed by atoms with Gasteiger partial charge in [-0.2, -0.15) is 18.2 Å². The lowest BCUT2D eigenvalue weighted by atomic mass is 10.3. The van der Waals surface area contributed by atoms with E-state index in [1.807, 2.05) is 0 Å². The molecule has 0 radical (unpaired) electrons. The molecule has 0 atom stereocenters. The number of esters is 1. The summed E-state index contributed by atoms with van der Waals surface area (Å²) < 4.78 is 36.6. The Morgan fingerprint density at radius 1 is 1.28 bits per heavy atom. The Bertz CT molecular complexity index is 1240. The van der Waals surface area contributed by atoms with Crippen LogP contribution in [0.2, 0.25) is 4.34 Å². The Kier molecular flexibility index (Phi) is 6.42. The number of carbonyl (C=O) groups is 1. The molecule has 2 aromatic heterocycles. The number of carbonyl (C=O) groups excluding carboxylic acids is 1. The molecule has 12 heteroatoms. The van der Waals surface area contributed by atoms with Crippen LogP contribution in [0.25, 0.3) is 5.69 Å². The van der Waals surface area contributed by atoms with Gasteiger partial charge in [-0.15, -0.1) is 11.3 Å². The molecular formula is C17H12BrClN2O6S2. The molecule has 3 rings (SSSR count). The van der Waals surface area contributed by atoms with Crippen molar-refractivity contribution in [1.82, 2.24) is 9.78 Å². The first-order valence-corrected chi connectivity index (χ1v) is 11.4. The van der Waals surface area contributed by atoms with Crippen molar-refractivity contribution in [2.45, 2.75) is 11.1 Å². The lowest BCUT2D eigenvalue weighted by molar-refractivity contribution is 0.0515. The maximum atomic E-state index is 12.6. The Hall–Kier alpha value is -2.21. The summed E-state index contributed by atoms with van der Waals surface area (Å²) in [5, 5.41) is 3.98. The van der Waals surface area contributed by atoms with Crippen LogP contribution in [0, 0.1) is 0 Å². The maximum absolute atomic E-state index is 12.6. The van der Waals surface area contributed by atoms with Crippen LogP contribution < -0.4 is 9.74 Å². The van der Waals surface area contributed by atoms with Crippen LogP contribution in [-0.2, 0) is 14.9 Å². The van der Waals surface area contributed by atoms with Crippen molar-refractivity contribution < 1.29 is 22.1 Å². The molecule has 8 nitrogen and oxygen atoms in total. The summed E-state index contributed by atoms with van der Waals surface area (Å²) in [6, 6.07) is 10.1. The molecule has 0 aliphatic carbocycles. The first-order valence-electron chi connectivity index (χ1n) is 7.98. The molecule has 0 unspecified atom stereocenters. The van der Waals surface area contributed by atoms with E-state index >= 15 is 0 Å². The number of rotatable bonds is 6. The largest absolute Gasteiger partial charge is 0.461 e. The van der Waals surface area contributed by atoms with Gasteiger partial charge in [-0.05, 0) is 37.3 Å². The van der Waals surface area contributed by atoms with Gasteiger partial charge in [0.15, 0.2) is 9.96 Å². The standard InChI is InChI=1S/C17H12BrClN2O6S2/c1-2-26-17(23)16-12(27-29(24,25)15-7-6-13(19)28-15)9-14(22)21(20-16)11-5-3-4-10(18)8-11/h3-9H,2H2,1H3. The number of thiophene rings is 1. The van der Waals surface area contributed by atoms with Crippen molar-refractivity contribution >= 4 is 55.0 Å². The van der Waals surface area contributed by atoms with E-state index < -0.39 is 33.1 Å². The van der Waals surface area contributed by atoms with E-state index in [0.29, 0.717) is 10.2 Å². The van der Waals surface area contributed by atoms with Crippen LogP contribution in [0.5, 0.6) is 5.75 Å². The molecule has 29 heavy (non-hydrogen) atoms. The van der Waals surface area contributed by atoms with E-state index in [1.165, 1.54) is 12.1 Å². The van der Waals surface area contributed by atoms with Crippen LogP contribution in [0.15, 0.2) is 55.9 Å². The summed E-state index contributed by atoms with van der Waals surface area (Å²) in [6.45, 7) is 1.59. The van der Waals surface area contributed by atoms with Gasteiger partial charge in [0.25, 0.3) is 5.56 Å². The minimum absolute atomic E-state index is 0.0171. The van der Waals surface area contributed by atoms with E-state index in [-0.39, 0.29) is 15.2 Å². The van der Waals surface area contributed by atoms with E-state index in [0.717, 1.165) is 22.1 Å². The van der Waals surface area contributed by atoms with Crippen molar-refractivity contribution in [3.8, 4) is 11.4 Å². The minimum atomic E-state index is -4.33. The first kappa shape index (κ1) is 21.5. The molecule has 152 valence electrons. The fourth-order valence-corrected chi connectivity index (χ4v) is 4.99. The van der Waals surface area contributed by atoms with Crippen molar-refractivity contribution in [2.24, 2.45) is 0 Å². The van der Waals surface area contributed by atoms with Crippen LogP contribution in [0.3, 0.4) is 0 Å².